The Hall–Kier alpha value is -0.430. The molecule has 1 aromatic rings. The van der Waals surface area contributed by atoms with Crippen molar-refractivity contribution >= 4 is 21.4 Å². The smallest absolute Gasteiger partial charge is 0.250 e. The summed E-state index contributed by atoms with van der Waals surface area (Å²) in [4.78, 5) is 0. The highest BCUT2D eigenvalue weighted by Crippen LogP contribution is 2.15. The van der Waals surface area contributed by atoms with Crippen molar-refractivity contribution in [1.82, 2.24) is 10.0 Å². The van der Waals surface area contributed by atoms with E-state index in [0.717, 1.165) is 19.4 Å². The minimum Gasteiger partial charge on any atom is -0.314 e. The predicted octanol–water partition coefficient (Wildman–Crippen LogP) is 1.17. The van der Waals surface area contributed by atoms with Gasteiger partial charge in [-0.25, -0.2) is 13.1 Å². The maximum absolute atomic E-state index is 11.7. The van der Waals surface area contributed by atoms with Crippen molar-refractivity contribution < 1.29 is 8.42 Å². The molecule has 1 aliphatic heterocycles. The summed E-state index contributed by atoms with van der Waals surface area (Å²) in [6, 6.07) is 3.85. The third-order valence-electron chi connectivity index (χ3n) is 2.71. The van der Waals surface area contributed by atoms with Crippen molar-refractivity contribution in [2.24, 2.45) is 0 Å². The molecular formula is C10H16N2O2S2. The van der Waals surface area contributed by atoms with E-state index in [4.69, 9.17) is 0 Å². The van der Waals surface area contributed by atoms with Crippen LogP contribution in [0.25, 0.3) is 0 Å². The van der Waals surface area contributed by atoms with Crippen molar-refractivity contribution in [2.45, 2.75) is 29.5 Å². The second kappa shape index (κ2) is 5.27. The molecule has 90 valence electrons. The van der Waals surface area contributed by atoms with Gasteiger partial charge in [0, 0.05) is 12.6 Å². The first-order valence-corrected chi connectivity index (χ1v) is 7.81. The van der Waals surface area contributed by atoms with Crippen LogP contribution < -0.4 is 10.0 Å². The summed E-state index contributed by atoms with van der Waals surface area (Å²) < 4.78 is 26.5. The van der Waals surface area contributed by atoms with Crippen LogP contribution in [0, 0.1) is 0 Å². The molecule has 16 heavy (non-hydrogen) atoms. The van der Waals surface area contributed by atoms with Crippen LogP contribution in [0.3, 0.4) is 0 Å². The van der Waals surface area contributed by atoms with E-state index in [1.807, 2.05) is 0 Å². The molecule has 0 bridgehead atoms. The predicted molar refractivity (Wildman–Crippen MR) is 65.1 cm³/mol. The highest BCUT2D eigenvalue weighted by molar-refractivity contribution is 7.91. The van der Waals surface area contributed by atoms with E-state index in [0.29, 0.717) is 16.8 Å². The second-order valence-corrected chi connectivity index (χ2v) is 6.85. The van der Waals surface area contributed by atoms with E-state index < -0.39 is 10.0 Å². The largest absolute Gasteiger partial charge is 0.314 e. The Bertz CT molecular complexity index is 408. The summed E-state index contributed by atoms with van der Waals surface area (Å²) in [6.45, 7) is 1.57. The minimum atomic E-state index is -3.27. The summed E-state index contributed by atoms with van der Waals surface area (Å²) in [5.41, 5.74) is 0. The molecule has 1 atom stereocenters. The average Bonchev–Trinajstić information content (AvgIpc) is 2.90. The summed E-state index contributed by atoms with van der Waals surface area (Å²) in [5.74, 6) is 0. The van der Waals surface area contributed by atoms with Crippen molar-refractivity contribution in [3.8, 4) is 0 Å². The highest BCUT2D eigenvalue weighted by atomic mass is 32.2. The molecule has 0 saturated carbocycles. The molecule has 2 N–H and O–H groups in total. The molecule has 1 saturated heterocycles. The standard InChI is InChI=1S/C10H16N2O2S2/c13-16(14,10-4-2-8-15-10)12-7-5-9-3-1-6-11-9/h2,4,8-9,11-12H,1,3,5-7H2/t9-/m1/s1. The summed E-state index contributed by atoms with van der Waals surface area (Å²) in [5, 5.41) is 5.12. The number of thiophene rings is 1. The molecule has 4 nitrogen and oxygen atoms in total. The lowest BCUT2D eigenvalue weighted by Crippen LogP contribution is -2.30. The third-order valence-corrected chi connectivity index (χ3v) is 5.57. The fraction of sp³-hybridized carbons (Fsp3) is 0.600. The quantitative estimate of drug-likeness (QED) is 0.835. The van der Waals surface area contributed by atoms with Crippen LogP contribution in [-0.4, -0.2) is 27.5 Å². The van der Waals surface area contributed by atoms with Crippen LogP contribution in [0.15, 0.2) is 21.7 Å². The Morgan fingerprint density at radius 1 is 1.56 bits per heavy atom. The van der Waals surface area contributed by atoms with Gasteiger partial charge in [0.2, 0.25) is 10.0 Å². The van der Waals surface area contributed by atoms with Crippen LogP contribution in [0.1, 0.15) is 19.3 Å². The van der Waals surface area contributed by atoms with Gasteiger partial charge in [-0.2, -0.15) is 0 Å². The Morgan fingerprint density at radius 3 is 3.06 bits per heavy atom. The van der Waals surface area contributed by atoms with Crippen molar-refractivity contribution in [2.75, 3.05) is 13.1 Å². The third kappa shape index (κ3) is 3.04. The number of rotatable bonds is 5. The average molecular weight is 260 g/mol. The molecule has 0 aromatic carbocycles. The molecule has 1 aromatic heterocycles. The normalized spacial score (nSPS) is 21.4. The van der Waals surface area contributed by atoms with E-state index in [9.17, 15) is 8.42 Å². The van der Waals surface area contributed by atoms with Gasteiger partial charge < -0.3 is 5.32 Å². The van der Waals surface area contributed by atoms with Crippen LogP contribution in [0.5, 0.6) is 0 Å². The zero-order valence-corrected chi connectivity index (χ0v) is 10.6. The number of nitrogens with one attached hydrogen (secondary N) is 2. The zero-order valence-electron chi connectivity index (χ0n) is 8.98. The van der Waals surface area contributed by atoms with E-state index in [1.54, 1.807) is 17.5 Å². The van der Waals surface area contributed by atoms with Gasteiger partial charge >= 0.3 is 0 Å². The maximum atomic E-state index is 11.7. The Morgan fingerprint density at radius 2 is 2.44 bits per heavy atom. The lowest BCUT2D eigenvalue weighted by Gasteiger charge is -2.10. The van der Waals surface area contributed by atoms with E-state index in [2.05, 4.69) is 10.0 Å². The van der Waals surface area contributed by atoms with Crippen LogP contribution in [-0.2, 0) is 10.0 Å². The van der Waals surface area contributed by atoms with Crippen LogP contribution >= 0.6 is 11.3 Å². The summed E-state index contributed by atoms with van der Waals surface area (Å²) in [6.07, 6.45) is 3.22. The molecule has 1 fully saturated rings. The fourth-order valence-corrected chi connectivity index (χ4v) is 3.94. The topological polar surface area (TPSA) is 58.2 Å². The summed E-state index contributed by atoms with van der Waals surface area (Å²) >= 11 is 1.25. The SMILES string of the molecule is O=S(=O)(NCC[C@H]1CCCN1)c1cccs1. The lowest BCUT2D eigenvalue weighted by atomic mass is 10.2. The van der Waals surface area contributed by atoms with Gasteiger partial charge in [0.25, 0.3) is 0 Å². The first-order chi connectivity index (χ1) is 7.68. The molecule has 2 rings (SSSR count). The van der Waals surface area contributed by atoms with Gasteiger partial charge in [-0.05, 0) is 37.3 Å². The molecule has 0 amide bonds. The van der Waals surface area contributed by atoms with Crippen LogP contribution in [0.2, 0.25) is 0 Å². The molecule has 1 aliphatic rings. The molecular weight excluding hydrogens is 244 g/mol. The molecule has 0 radical (unpaired) electrons. The lowest BCUT2D eigenvalue weighted by molar-refractivity contribution is 0.540. The van der Waals surface area contributed by atoms with Gasteiger partial charge in [-0.15, -0.1) is 11.3 Å². The fourth-order valence-electron chi connectivity index (χ4n) is 1.86. The minimum absolute atomic E-state index is 0.395. The second-order valence-electron chi connectivity index (χ2n) is 3.91. The Kier molecular flexibility index (Phi) is 3.96. The highest BCUT2D eigenvalue weighted by Gasteiger charge is 2.17. The number of hydrogen-bond acceptors (Lipinski definition) is 4. The maximum Gasteiger partial charge on any atom is 0.250 e. The van der Waals surface area contributed by atoms with E-state index >= 15 is 0 Å². The van der Waals surface area contributed by atoms with Gasteiger partial charge in [0.1, 0.15) is 4.21 Å². The van der Waals surface area contributed by atoms with E-state index in [-0.39, 0.29) is 0 Å². The zero-order chi connectivity index (χ0) is 11.4. The van der Waals surface area contributed by atoms with Gasteiger partial charge in [-0.1, -0.05) is 6.07 Å². The number of sulfonamides is 1. The van der Waals surface area contributed by atoms with Crippen molar-refractivity contribution in [3.05, 3.63) is 17.5 Å². The molecule has 6 heteroatoms. The van der Waals surface area contributed by atoms with Crippen LogP contribution in [0.4, 0.5) is 0 Å². The van der Waals surface area contributed by atoms with Gasteiger partial charge in [-0.3, -0.25) is 0 Å². The summed E-state index contributed by atoms with van der Waals surface area (Å²) in [7, 11) is -3.27. The first-order valence-electron chi connectivity index (χ1n) is 5.45. The Labute approximate surface area is 100 Å². The van der Waals surface area contributed by atoms with Gasteiger partial charge in [0.05, 0.1) is 0 Å². The Balaban J connectivity index is 1.81. The van der Waals surface area contributed by atoms with E-state index in [1.165, 1.54) is 17.8 Å². The first kappa shape index (κ1) is 12.0. The molecule has 0 spiro atoms. The van der Waals surface area contributed by atoms with Gasteiger partial charge in [0.15, 0.2) is 0 Å². The molecule has 0 unspecified atom stereocenters. The van der Waals surface area contributed by atoms with Crippen molar-refractivity contribution in [3.63, 3.8) is 0 Å². The monoisotopic (exact) mass is 260 g/mol. The molecule has 0 aliphatic carbocycles. The van der Waals surface area contributed by atoms with Crippen molar-refractivity contribution in [1.29, 1.82) is 0 Å². The molecule has 2 heterocycles. The number of hydrogen-bond donors (Lipinski definition) is 2.